The molecule has 92 heavy (non-hydrogen) atoms. The Hall–Kier alpha value is -1.94. The average Bonchev–Trinajstić information content (AvgIpc) is 2.17. The molecule has 0 amide bonds. The Bertz CT molecular complexity index is 1820. The standard InChI is InChI=1S/C73H142O17P2/c1-63(2)49-41-33-25-19-15-11-9-13-17-21-28-37-45-53-70(75)83-59-68(89-72(77)55-47-39-30-22-18-14-10-12-16-20-26-34-42-50-64(3)4)61-87-91(79,80)85-57-67(74)58-86-92(81,82)88-62-69(90-73(78)56-48-40-32-31-36-44-52-66(7)8)60-84-71(76)54-46-38-29-24-23-27-35-43-51-65(5)6/h63-69,74H,9-62H2,1-8H3,(H,79,80)(H,81,82)/t67?,68-,69-/m1/s1. The molecule has 0 fully saturated rings. The molecule has 0 bridgehead atoms. The van der Waals surface area contributed by atoms with Gasteiger partial charge in [-0.3, -0.25) is 37.3 Å². The summed E-state index contributed by atoms with van der Waals surface area (Å²) >= 11 is 0. The Morgan fingerprint density at radius 1 is 0.272 bits per heavy atom. The third-order valence-electron chi connectivity index (χ3n) is 16.8. The van der Waals surface area contributed by atoms with Gasteiger partial charge in [-0.2, -0.15) is 0 Å². The molecule has 19 heteroatoms. The lowest BCUT2D eigenvalue weighted by Gasteiger charge is -2.21. The highest BCUT2D eigenvalue weighted by Gasteiger charge is 2.30. The molecule has 0 spiro atoms. The Balaban J connectivity index is 5.23. The van der Waals surface area contributed by atoms with Crippen molar-refractivity contribution in [3.8, 4) is 0 Å². The molecule has 0 aromatic heterocycles. The van der Waals surface area contributed by atoms with Crippen LogP contribution in [0.15, 0.2) is 0 Å². The average molecular weight is 1350 g/mol. The Morgan fingerprint density at radius 3 is 0.674 bits per heavy atom. The summed E-state index contributed by atoms with van der Waals surface area (Å²) in [5.74, 6) is 0.844. The van der Waals surface area contributed by atoms with Crippen molar-refractivity contribution in [1.29, 1.82) is 0 Å². The van der Waals surface area contributed by atoms with Gasteiger partial charge in [0, 0.05) is 25.7 Å². The van der Waals surface area contributed by atoms with Crippen molar-refractivity contribution in [2.24, 2.45) is 23.7 Å². The fourth-order valence-electron chi connectivity index (χ4n) is 11.0. The third-order valence-corrected chi connectivity index (χ3v) is 18.7. The van der Waals surface area contributed by atoms with Crippen LogP contribution in [0.2, 0.25) is 0 Å². The first-order chi connectivity index (χ1) is 44.1. The van der Waals surface area contributed by atoms with E-state index in [1.165, 1.54) is 167 Å². The van der Waals surface area contributed by atoms with E-state index in [0.29, 0.717) is 31.6 Å². The maximum absolute atomic E-state index is 13.1. The SMILES string of the molecule is CC(C)CCCCCCCCCCCCCCCC(=O)OC[C@H](COP(=O)(O)OCC(O)COP(=O)(O)OC[C@@H](COC(=O)CCCCCCCCCCC(C)C)OC(=O)CCCCCCCCC(C)C)OC(=O)CCCCCCCCCCCCCCCC(C)C. The second-order valence-electron chi connectivity index (χ2n) is 28.2. The van der Waals surface area contributed by atoms with Gasteiger partial charge in [-0.1, -0.05) is 312 Å². The number of carbonyl (C=O) groups is 4. The van der Waals surface area contributed by atoms with Gasteiger partial charge in [0.25, 0.3) is 0 Å². The molecule has 0 aliphatic rings. The number of hydrogen-bond acceptors (Lipinski definition) is 15. The first-order valence-electron chi connectivity index (χ1n) is 37.7. The minimum Gasteiger partial charge on any atom is -0.462 e. The van der Waals surface area contributed by atoms with Gasteiger partial charge >= 0.3 is 39.5 Å². The first-order valence-corrected chi connectivity index (χ1v) is 40.7. The summed E-state index contributed by atoms with van der Waals surface area (Å²) < 4.78 is 68.4. The van der Waals surface area contributed by atoms with Crippen LogP contribution in [0.25, 0.3) is 0 Å². The van der Waals surface area contributed by atoms with Gasteiger partial charge in [-0.05, 0) is 49.4 Å². The molecule has 0 radical (unpaired) electrons. The summed E-state index contributed by atoms with van der Waals surface area (Å²) in [7, 11) is -9.91. The van der Waals surface area contributed by atoms with Crippen LogP contribution in [0.1, 0.15) is 364 Å². The largest absolute Gasteiger partial charge is 0.472 e. The molecular weight excluding hydrogens is 1210 g/mol. The molecule has 546 valence electrons. The molecule has 17 nitrogen and oxygen atoms in total. The molecule has 0 aromatic carbocycles. The predicted molar refractivity (Wildman–Crippen MR) is 372 cm³/mol. The van der Waals surface area contributed by atoms with Gasteiger partial charge in [0.2, 0.25) is 0 Å². The number of carbonyl (C=O) groups excluding carboxylic acids is 4. The lowest BCUT2D eigenvalue weighted by atomic mass is 10.0. The number of phosphoric acid groups is 2. The predicted octanol–water partition coefficient (Wildman–Crippen LogP) is 20.9. The van der Waals surface area contributed by atoms with Crippen LogP contribution in [-0.4, -0.2) is 96.7 Å². The second kappa shape index (κ2) is 62.6. The van der Waals surface area contributed by atoms with E-state index >= 15 is 0 Å². The van der Waals surface area contributed by atoms with Gasteiger partial charge in [-0.25, -0.2) is 9.13 Å². The van der Waals surface area contributed by atoms with Crippen molar-refractivity contribution in [3.05, 3.63) is 0 Å². The van der Waals surface area contributed by atoms with Crippen LogP contribution in [0.3, 0.4) is 0 Å². The smallest absolute Gasteiger partial charge is 0.462 e. The molecule has 0 aromatic rings. The van der Waals surface area contributed by atoms with E-state index < -0.39 is 97.5 Å². The topological polar surface area (TPSA) is 237 Å². The molecule has 0 saturated heterocycles. The number of phosphoric ester groups is 2. The minimum absolute atomic E-state index is 0.101. The number of ether oxygens (including phenoxy) is 4. The maximum Gasteiger partial charge on any atom is 0.472 e. The quantitative estimate of drug-likeness (QED) is 0.0222. The zero-order valence-corrected chi connectivity index (χ0v) is 62.0. The van der Waals surface area contributed by atoms with Crippen molar-refractivity contribution in [1.82, 2.24) is 0 Å². The van der Waals surface area contributed by atoms with Crippen molar-refractivity contribution in [3.63, 3.8) is 0 Å². The van der Waals surface area contributed by atoms with E-state index in [-0.39, 0.29) is 25.7 Å². The van der Waals surface area contributed by atoms with Crippen molar-refractivity contribution < 1.29 is 80.2 Å². The van der Waals surface area contributed by atoms with Gasteiger partial charge in [-0.15, -0.1) is 0 Å². The fourth-order valence-corrected chi connectivity index (χ4v) is 12.6. The summed E-state index contributed by atoms with van der Waals surface area (Å²) in [6.07, 6.45) is 46.0. The first kappa shape index (κ1) is 90.1. The van der Waals surface area contributed by atoms with Crippen LogP contribution >= 0.6 is 15.6 Å². The molecule has 0 rings (SSSR count). The summed E-state index contributed by atoms with van der Waals surface area (Å²) in [6, 6.07) is 0. The monoisotopic (exact) mass is 1350 g/mol. The highest BCUT2D eigenvalue weighted by Crippen LogP contribution is 2.45. The summed E-state index contributed by atoms with van der Waals surface area (Å²) in [4.78, 5) is 72.6. The Kier molecular flexibility index (Phi) is 61.3. The Morgan fingerprint density at radius 2 is 0.457 bits per heavy atom. The van der Waals surface area contributed by atoms with Gasteiger partial charge in [0.15, 0.2) is 12.2 Å². The summed E-state index contributed by atoms with van der Waals surface area (Å²) in [6.45, 7) is 14.1. The number of unbranched alkanes of at least 4 members (excludes halogenated alkanes) is 36. The van der Waals surface area contributed by atoms with Gasteiger partial charge < -0.3 is 33.8 Å². The number of hydrogen-bond donors (Lipinski definition) is 3. The summed E-state index contributed by atoms with van der Waals surface area (Å²) in [5.41, 5.74) is 0. The van der Waals surface area contributed by atoms with Crippen LogP contribution in [0, 0.1) is 23.7 Å². The van der Waals surface area contributed by atoms with Gasteiger partial charge in [0.1, 0.15) is 19.3 Å². The normalized spacial score (nSPS) is 14.2. The second-order valence-corrected chi connectivity index (χ2v) is 31.1. The Labute approximate surface area is 562 Å². The minimum atomic E-state index is -4.96. The highest BCUT2D eigenvalue weighted by molar-refractivity contribution is 7.47. The fraction of sp³-hybridized carbons (Fsp3) is 0.945. The molecular formula is C73H142O17P2. The van der Waals surface area contributed by atoms with E-state index in [1.54, 1.807) is 0 Å². The van der Waals surface area contributed by atoms with Crippen LogP contribution in [0.4, 0.5) is 0 Å². The van der Waals surface area contributed by atoms with Crippen LogP contribution in [-0.2, 0) is 65.4 Å². The zero-order chi connectivity index (χ0) is 68.2. The molecule has 0 aliphatic heterocycles. The summed E-state index contributed by atoms with van der Waals surface area (Å²) in [5, 5.41) is 10.6. The highest BCUT2D eigenvalue weighted by atomic mass is 31.2. The lowest BCUT2D eigenvalue weighted by Crippen LogP contribution is -2.30. The van der Waals surface area contributed by atoms with E-state index in [4.69, 9.17) is 37.0 Å². The number of esters is 4. The number of rotatable bonds is 70. The molecule has 5 atom stereocenters. The van der Waals surface area contributed by atoms with Crippen molar-refractivity contribution in [2.45, 2.75) is 382 Å². The van der Waals surface area contributed by atoms with E-state index in [0.717, 1.165) is 108 Å². The third kappa shape index (κ3) is 66.7. The van der Waals surface area contributed by atoms with Gasteiger partial charge in [0.05, 0.1) is 26.4 Å². The van der Waals surface area contributed by atoms with E-state index in [2.05, 4.69) is 55.4 Å². The van der Waals surface area contributed by atoms with Crippen LogP contribution in [0.5, 0.6) is 0 Å². The molecule has 3 N–H and O–H groups in total. The molecule has 0 saturated carbocycles. The molecule has 3 unspecified atom stereocenters. The van der Waals surface area contributed by atoms with E-state index in [1.807, 2.05) is 0 Å². The lowest BCUT2D eigenvalue weighted by molar-refractivity contribution is -0.161. The maximum atomic E-state index is 13.1. The number of aliphatic hydroxyl groups excluding tert-OH is 1. The number of aliphatic hydroxyl groups is 1. The van der Waals surface area contributed by atoms with Crippen LogP contribution < -0.4 is 0 Å². The molecule has 0 aliphatic carbocycles. The van der Waals surface area contributed by atoms with Crippen molar-refractivity contribution in [2.75, 3.05) is 39.6 Å². The zero-order valence-electron chi connectivity index (χ0n) is 60.2. The van der Waals surface area contributed by atoms with E-state index in [9.17, 15) is 43.2 Å². The molecule has 0 heterocycles. The van der Waals surface area contributed by atoms with Crippen molar-refractivity contribution >= 4 is 39.5 Å².